The van der Waals surface area contributed by atoms with Crippen molar-refractivity contribution in [2.24, 2.45) is 0 Å². The van der Waals surface area contributed by atoms with Crippen molar-refractivity contribution < 1.29 is 18.3 Å². The quantitative estimate of drug-likeness (QED) is 0.740. The molecule has 0 fully saturated rings. The molecular formula is C10H9F3O. The third-order valence-corrected chi connectivity index (χ3v) is 1.86. The van der Waals surface area contributed by atoms with Gasteiger partial charge in [-0.05, 0) is 30.2 Å². The first-order valence-electron chi connectivity index (χ1n) is 3.89. The summed E-state index contributed by atoms with van der Waals surface area (Å²) in [5, 5.41) is 9.20. The third kappa shape index (κ3) is 1.89. The van der Waals surface area contributed by atoms with Crippen molar-refractivity contribution in [3.05, 3.63) is 35.4 Å². The fourth-order valence-electron chi connectivity index (χ4n) is 1.14. The number of hydrogen-bond acceptors (Lipinski definition) is 1. The Kier molecular flexibility index (Phi) is 2.55. The van der Waals surface area contributed by atoms with Crippen LogP contribution in [0.3, 0.4) is 0 Å². The summed E-state index contributed by atoms with van der Waals surface area (Å²) in [6, 6.07) is 2.31. The van der Waals surface area contributed by atoms with Crippen LogP contribution < -0.4 is 0 Å². The zero-order valence-electron chi connectivity index (χ0n) is 7.52. The number of phenols is 1. The Balaban J connectivity index is 3.42. The lowest BCUT2D eigenvalue weighted by Crippen LogP contribution is -2.06. The Morgan fingerprint density at radius 2 is 1.93 bits per heavy atom. The van der Waals surface area contributed by atoms with E-state index >= 15 is 0 Å². The van der Waals surface area contributed by atoms with Gasteiger partial charge in [0.15, 0.2) is 0 Å². The number of benzene rings is 1. The lowest BCUT2D eigenvalue weighted by Gasteiger charge is -2.11. The maximum atomic E-state index is 12.4. The summed E-state index contributed by atoms with van der Waals surface area (Å²) in [4.78, 5) is 0. The van der Waals surface area contributed by atoms with E-state index in [1.54, 1.807) is 0 Å². The predicted molar refractivity (Wildman–Crippen MR) is 47.9 cm³/mol. The highest BCUT2D eigenvalue weighted by molar-refractivity contribution is 5.55. The monoisotopic (exact) mass is 202 g/mol. The van der Waals surface area contributed by atoms with E-state index in [2.05, 4.69) is 6.58 Å². The number of halogens is 3. The Hall–Kier alpha value is -1.45. The lowest BCUT2D eigenvalue weighted by atomic mass is 10.0. The summed E-state index contributed by atoms with van der Waals surface area (Å²) >= 11 is 0. The minimum Gasteiger partial charge on any atom is -0.507 e. The van der Waals surface area contributed by atoms with Crippen LogP contribution in [-0.4, -0.2) is 5.11 Å². The fourth-order valence-corrected chi connectivity index (χ4v) is 1.14. The van der Waals surface area contributed by atoms with E-state index in [-0.39, 0.29) is 5.56 Å². The Morgan fingerprint density at radius 1 is 1.36 bits per heavy atom. The Morgan fingerprint density at radius 3 is 2.36 bits per heavy atom. The molecule has 1 rings (SSSR count). The van der Waals surface area contributed by atoms with Gasteiger partial charge in [0.05, 0.1) is 5.56 Å². The van der Waals surface area contributed by atoms with Crippen LogP contribution in [0.2, 0.25) is 0 Å². The predicted octanol–water partition coefficient (Wildman–Crippen LogP) is 3.36. The topological polar surface area (TPSA) is 20.2 Å². The first kappa shape index (κ1) is 10.6. The molecule has 1 nitrogen and oxygen atoms in total. The zero-order valence-corrected chi connectivity index (χ0v) is 7.52. The van der Waals surface area contributed by atoms with Gasteiger partial charge in [0.2, 0.25) is 0 Å². The van der Waals surface area contributed by atoms with Crippen LogP contribution in [0.25, 0.3) is 6.08 Å². The molecule has 0 unspecified atom stereocenters. The molecule has 0 saturated carbocycles. The molecule has 0 aliphatic heterocycles. The van der Waals surface area contributed by atoms with E-state index in [9.17, 15) is 18.3 Å². The van der Waals surface area contributed by atoms with Gasteiger partial charge in [-0.2, -0.15) is 13.2 Å². The van der Waals surface area contributed by atoms with Crippen molar-refractivity contribution in [3.8, 4) is 5.75 Å². The lowest BCUT2D eigenvalue weighted by molar-refractivity contribution is -0.138. The van der Waals surface area contributed by atoms with Crippen LogP contribution in [0.1, 0.15) is 16.7 Å². The number of alkyl halides is 3. The molecule has 0 amide bonds. The molecule has 0 aliphatic carbocycles. The molecule has 0 saturated heterocycles. The second-order valence-corrected chi connectivity index (χ2v) is 2.94. The number of aryl methyl sites for hydroxylation is 1. The van der Waals surface area contributed by atoms with Crippen LogP contribution in [0.4, 0.5) is 13.2 Å². The highest BCUT2D eigenvalue weighted by Crippen LogP contribution is 2.38. The molecule has 0 aliphatic rings. The first-order valence-corrected chi connectivity index (χ1v) is 3.89. The van der Waals surface area contributed by atoms with E-state index in [1.165, 1.54) is 19.1 Å². The molecular weight excluding hydrogens is 193 g/mol. The van der Waals surface area contributed by atoms with Crippen LogP contribution in [-0.2, 0) is 6.18 Å². The number of hydrogen-bond donors (Lipinski definition) is 1. The van der Waals surface area contributed by atoms with Crippen LogP contribution >= 0.6 is 0 Å². The zero-order chi connectivity index (χ0) is 10.9. The molecule has 0 heterocycles. The van der Waals surface area contributed by atoms with E-state index in [0.717, 1.165) is 6.07 Å². The molecule has 0 atom stereocenters. The van der Waals surface area contributed by atoms with Crippen molar-refractivity contribution in [1.29, 1.82) is 0 Å². The maximum absolute atomic E-state index is 12.4. The largest absolute Gasteiger partial charge is 0.507 e. The van der Waals surface area contributed by atoms with E-state index < -0.39 is 17.5 Å². The average molecular weight is 202 g/mol. The van der Waals surface area contributed by atoms with Crippen molar-refractivity contribution in [2.45, 2.75) is 13.1 Å². The summed E-state index contributed by atoms with van der Waals surface area (Å²) in [5.74, 6) is -0.719. The van der Waals surface area contributed by atoms with Crippen LogP contribution in [0.5, 0.6) is 5.75 Å². The van der Waals surface area contributed by atoms with Crippen LogP contribution in [0.15, 0.2) is 18.7 Å². The molecule has 1 aromatic carbocycles. The minimum atomic E-state index is -4.53. The maximum Gasteiger partial charge on any atom is 0.419 e. The summed E-state index contributed by atoms with van der Waals surface area (Å²) in [7, 11) is 0. The van der Waals surface area contributed by atoms with Crippen molar-refractivity contribution in [1.82, 2.24) is 0 Å². The van der Waals surface area contributed by atoms with Crippen molar-refractivity contribution in [3.63, 3.8) is 0 Å². The minimum absolute atomic E-state index is 0.190. The van der Waals surface area contributed by atoms with Gasteiger partial charge < -0.3 is 5.11 Å². The number of rotatable bonds is 1. The molecule has 14 heavy (non-hydrogen) atoms. The fraction of sp³-hybridized carbons (Fsp3) is 0.200. The van der Waals surface area contributed by atoms with Gasteiger partial charge in [0.25, 0.3) is 0 Å². The highest BCUT2D eigenvalue weighted by Gasteiger charge is 2.34. The van der Waals surface area contributed by atoms with Crippen molar-refractivity contribution in [2.75, 3.05) is 0 Å². The van der Waals surface area contributed by atoms with E-state index in [0.29, 0.717) is 5.56 Å². The number of phenolic OH excluding ortho intramolecular Hbond substituents is 1. The molecule has 0 bridgehead atoms. The Labute approximate surface area is 79.5 Å². The van der Waals surface area contributed by atoms with Gasteiger partial charge in [0, 0.05) is 0 Å². The van der Waals surface area contributed by atoms with Gasteiger partial charge in [-0.15, -0.1) is 0 Å². The standard InChI is InChI=1S/C10H9F3O/c1-3-7-4-6(2)9(14)8(5-7)10(11,12)13/h3-5,14H,1H2,2H3. The second-order valence-electron chi connectivity index (χ2n) is 2.94. The normalized spacial score (nSPS) is 11.4. The Bertz CT molecular complexity index is 366. The van der Waals surface area contributed by atoms with Gasteiger partial charge in [-0.1, -0.05) is 12.7 Å². The summed E-state index contributed by atoms with van der Waals surface area (Å²) in [6.07, 6.45) is -3.23. The SMILES string of the molecule is C=Cc1cc(C)c(O)c(C(F)(F)F)c1. The molecule has 1 N–H and O–H groups in total. The second kappa shape index (κ2) is 3.36. The molecule has 0 radical (unpaired) electrons. The molecule has 76 valence electrons. The number of aromatic hydroxyl groups is 1. The summed E-state index contributed by atoms with van der Waals surface area (Å²) in [6.45, 7) is 4.79. The summed E-state index contributed by atoms with van der Waals surface area (Å²) < 4.78 is 37.1. The average Bonchev–Trinajstić information content (AvgIpc) is 2.07. The van der Waals surface area contributed by atoms with E-state index in [4.69, 9.17) is 0 Å². The smallest absolute Gasteiger partial charge is 0.419 e. The first-order chi connectivity index (χ1) is 6.36. The van der Waals surface area contributed by atoms with Crippen LogP contribution in [0, 0.1) is 6.92 Å². The van der Waals surface area contributed by atoms with Gasteiger partial charge in [0.1, 0.15) is 5.75 Å². The van der Waals surface area contributed by atoms with E-state index in [1.807, 2.05) is 0 Å². The third-order valence-electron chi connectivity index (χ3n) is 1.86. The molecule has 0 aromatic heterocycles. The summed E-state index contributed by atoms with van der Waals surface area (Å²) in [5.41, 5.74) is -0.491. The van der Waals surface area contributed by atoms with Gasteiger partial charge in [-0.3, -0.25) is 0 Å². The van der Waals surface area contributed by atoms with Crippen molar-refractivity contribution >= 4 is 6.08 Å². The molecule has 0 spiro atoms. The molecule has 1 aromatic rings. The van der Waals surface area contributed by atoms with Gasteiger partial charge in [-0.25, -0.2) is 0 Å². The molecule has 4 heteroatoms. The van der Waals surface area contributed by atoms with Gasteiger partial charge >= 0.3 is 6.18 Å². The highest BCUT2D eigenvalue weighted by atomic mass is 19.4.